The topological polar surface area (TPSA) is 155 Å². The lowest BCUT2D eigenvalue weighted by Gasteiger charge is -2.31. The van der Waals surface area contributed by atoms with Crippen LogP contribution in [0.25, 0.3) is 5.69 Å². The van der Waals surface area contributed by atoms with Crippen molar-refractivity contribution in [3.63, 3.8) is 0 Å². The number of nitrogens with zero attached hydrogens (tertiary/aromatic N) is 4. The van der Waals surface area contributed by atoms with E-state index in [9.17, 15) is 18.3 Å². The van der Waals surface area contributed by atoms with Gasteiger partial charge in [-0.15, -0.1) is 10.2 Å². The van der Waals surface area contributed by atoms with Crippen LogP contribution < -0.4 is 16.0 Å². The van der Waals surface area contributed by atoms with Crippen LogP contribution >= 0.6 is 0 Å². The third-order valence-corrected chi connectivity index (χ3v) is 7.60. The normalized spacial score (nSPS) is 17.3. The molecule has 0 spiro atoms. The van der Waals surface area contributed by atoms with Gasteiger partial charge in [-0.2, -0.15) is 4.31 Å². The first-order valence-electron chi connectivity index (χ1n) is 10.7. The lowest BCUT2D eigenvalue weighted by Crippen LogP contribution is -2.40. The molecule has 1 aromatic heterocycles. The number of sulfonamides is 1. The number of aliphatic hydroxyl groups excluding tert-OH is 1. The first-order valence-corrected chi connectivity index (χ1v) is 12.2. The fraction of sp³-hybridized carbons (Fsp3) is 0.318. The average Bonchev–Trinajstić information content (AvgIpc) is 3.15. The van der Waals surface area contributed by atoms with Crippen molar-refractivity contribution in [2.45, 2.75) is 17.7 Å². The standard InChI is InChI=1S/C22H26N6O5S/c1-33-17-9-10-19(34(31,32)27-11-5-6-15(13-27)14-29)18(12-17)24-25-20-21(23)26-28(22(20)30)16-7-3-2-4-8-16/h2-4,7-10,12,15,26,29H,5-6,11,13-14,23H2,1H3. The van der Waals surface area contributed by atoms with E-state index in [1.54, 1.807) is 24.3 Å². The minimum atomic E-state index is -3.93. The maximum Gasteiger partial charge on any atom is 0.301 e. The molecule has 4 N–H and O–H groups in total. The van der Waals surface area contributed by atoms with Crippen molar-refractivity contribution in [2.24, 2.45) is 16.1 Å². The second-order valence-corrected chi connectivity index (χ2v) is 9.84. The minimum absolute atomic E-state index is 0.00766. The van der Waals surface area contributed by atoms with Crippen LogP contribution in [0.3, 0.4) is 0 Å². The van der Waals surface area contributed by atoms with E-state index < -0.39 is 15.6 Å². The Kier molecular flexibility index (Phi) is 6.82. The number of anilines is 1. The summed E-state index contributed by atoms with van der Waals surface area (Å²) < 4.78 is 34.6. The van der Waals surface area contributed by atoms with E-state index in [0.717, 1.165) is 6.42 Å². The van der Waals surface area contributed by atoms with Gasteiger partial charge in [0.25, 0.3) is 0 Å². The number of aromatic amines is 1. The number of hydrogen-bond acceptors (Lipinski definition) is 8. The van der Waals surface area contributed by atoms with Crippen molar-refractivity contribution in [3.05, 3.63) is 58.9 Å². The molecule has 3 aromatic rings. The number of hydrogen-bond donors (Lipinski definition) is 3. The van der Waals surface area contributed by atoms with E-state index in [1.807, 2.05) is 6.07 Å². The van der Waals surface area contributed by atoms with Crippen molar-refractivity contribution in [1.29, 1.82) is 0 Å². The van der Waals surface area contributed by atoms with Gasteiger partial charge >= 0.3 is 5.56 Å². The molecule has 0 radical (unpaired) electrons. The molecule has 0 amide bonds. The number of aromatic nitrogens is 2. The number of ether oxygens (including phenoxy) is 1. The number of nitrogen functional groups attached to an aromatic ring is 1. The number of nitrogens with one attached hydrogen (secondary N) is 1. The largest absolute Gasteiger partial charge is 0.497 e. The predicted octanol–water partition coefficient (Wildman–Crippen LogP) is 2.56. The first kappa shape index (κ1) is 23.7. The van der Waals surface area contributed by atoms with Gasteiger partial charge in [0.1, 0.15) is 22.2 Å². The molecular formula is C22H26N6O5S. The molecule has 1 unspecified atom stereocenters. The molecule has 1 aliphatic heterocycles. The molecule has 12 heteroatoms. The summed E-state index contributed by atoms with van der Waals surface area (Å²) in [5, 5.41) is 20.3. The fourth-order valence-electron chi connectivity index (χ4n) is 3.86. The third-order valence-electron chi connectivity index (χ3n) is 5.69. The number of rotatable bonds is 7. The molecule has 11 nitrogen and oxygen atoms in total. The van der Waals surface area contributed by atoms with E-state index in [-0.39, 0.29) is 41.2 Å². The Labute approximate surface area is 196 Å². The lowest BCUT2D eigenvalue weighted by atomic mass is 10.0. The molecular weight excluding hydrogens is 460 g/mol. The quantitative estimate of drug-likeness (QED) is 0.436. The highest BCUT2D eigenvalue weighted by Gasteiger charge is 2.32. The number of piperidine rings is 1. The van der Waals surface area contributed by atoms with Gasteiger partial charge in [-0.3, -0.25) is 9.89 Å². The summed E-state index contributed by atoms with van der Waals surface area (Å²) in [5.41, 5.74) is 5.87. The zero-order valence-corrected chi connectivity index (χ0v) is 19.4. The van der Waals surface area contributed by atoms with Crippen LogP contribution in [0.5, 0.6) is 5.75 Å². The molecule has 180 valence electrons. The number of H-pyrrole nitrogens is 1. The van der Waals surface area contributed by atoms with Crippen LogP contribution in [-0.4, -0.2) is 54.4 Å². The van der Waals surface area contributed by atoms with E-state index in [4.69, 9.17) is 10.5 Å². The van der Waals surface area contributed by atoms with E-state index in [0.29, 0.717) is 24.4 Å². The van der Waals surface area contributed by atoms with Crippen LogP contribution in [0.15, 0.2) is 68.4 Å². The van der Waals surface area contributed by atoms with Crippen molar-refractivity contribution >= 4 is 27.2 Å². The molecule has 0 aliphatic carbocycles. The fourth-order valence-corrected chi connectivity index (χ4v) is 5.52. The van der Waals surface area contributed by atoms with Crippen molar-refractivity contribution in [2.75, 3.05) is 32.5 Å². The van der Waals surface area contributed by atoms with Crippen LogP contribution in [0, 0.1) is 5.92 Å². The van der Waals surface area contributed by atoms with Gasteiger partial charge in [0.15, 0.2) is 5.69 Å². The zero-order valence-electron chi connectivity index (χ0n) is 18.6. The van der Waals surface area contributed by atoms with Gasteiger partial charge < -0.3 is 15.6 Å². The van der Waals surface area contributed by atoms with E-state index in [1.165, 1.54) is 34.3 Å². The van der Waals surface area contributed by atoms with Crippen molar-refractivity contribution in [3.8, 4) is 11.4 Å². The Balaban J connectivity index is 1.73. The molecule has 2 aromatic carbocycles. The number of methoxy groups -OCH3 is 1. The molecule has 4 rings (SSSR count). The molecule has 2 heterocycles. The zero-order chi connectivity index (χ0) is 24.3. The second-order valence-electron chi connectivity index (χ2n) is 7.94. The minimum Gasteiger partial charge on any atom is -0.497 e. The predicted molar refractivity (Wildman–Crippen MR) is 127 cm³/mol. The van der Waals surface area contributed by atoms with Gasteiger partial charge in [-0.05, 0) is 43.0 Å². The molecule has 1 atom stereocenters. The van der Waals surface area contributed by atoms with Gasteiger partial charge in [0.2, 0.25) is 10.0 Å². The highest BCUT2D eigenvalue weighted by molar-refractivity contribution is 7.89. The van der Waals surface area contributed by atoms with Gasteiger partial charge in [-0.25, -0.2) is 13.1 Å². The van der Waals surface area contributed by atoms with Gasteiger partial charge in [0, 0.05) is 25.8 Å². The van der Waals surface area contributed by atoms with Crippen molar-refractivity contribution in [1.82, 2.24) is 14.1 Å². The summed E-state index contributed by atoms with van der Waals surface area (Å²) >= 11 is 0. The number of azo groups is 1. The molecule has 0 saturated carbocycles. The maximum absolute atomic E-state index is 13.4. The summed E-state index contributed by atoms with van der Waals surface area (Å²) in [6, 6.07) is 13.2. The highest BCUT2D eigenvalue weighted by Crippen LogP contribution is 2.34. The molecule has 0 bridgehead atoms. The number of nitrogens with two attached hydrogens (primary N) is 1. The monoisotopic (exact) mass is 486 g/mol. The Bertz CT molecular complexity index is 1350. The third kappa shape index (κ3) is 4.60. The van der Waals surface area contributed by atoms with Crippen LogP contribution in [0.2, 0.25) is 0 Å². The van der Waals surface area contributed by atoms with Crippen LogP contribution in [0.1, 0.15) is 12.8 Å². The molecule has 34 heavy (non-hydrogen) atoms. The Morgan fingerprint density at radius 1 is 1.21 bits per heavy atom. The average molecular weight is 487 g/mol. The van der Waals surface area contributed by atoms with Gasteiger partial charge in [0.05, 0.1) is 12.8 Å². The Morgan fingerprint density at radius 2 is 1.97 bits per heavy atom. The molecule has 1 aliphatic rings. The summed E-state index contributed by atoms with van der Waals surface area (Å²) in [5.74, 6) is 0.248. The van der Waals surface area contributed by atoms with E-state index >= 15 is 0 Å². The Hall–Kier alpha value is -3.48. The SMILES string of the molecule is COc1ccc(S(=O)(=O)N2CCCC(CO)C2)c(N=Nc2c(N)[nH]n(-c3ccccc3)c2=O)c1. The summed E-state index contributed by atoms with van der Waals surface area (Å²) in [4.78, 5) is 12.8. The number of para-hydroxylation sites is 1. The summed E-state index contributed by atoms with van der Waals surface area (Å²) in [6.07, 6.45) is 1.41. The molecule has 1 fully saturated rings. The highest BCUT2D eigenvalue weighted by atomic mass is 32.2. The maximum atomic E-state index is 13.4. The van der Waals surface area contributed by atoms with Gasteiger partial charge in [-0.1, -0.05) is 18.2 Å². The lowest BCUT2D eigenvalue weighted by molar-refractivity contribution is 0.165. The smallest absolute Gasteiger partial charge is 0.301 e. The number of aliphatic hydroxyl groups is 1. The number of benzene rings is 2. The summed E-state index contributed by atoms with van der Waals surface area (Å²) in [7, 11) is -2.48. The van der Waals surface area contributed by atoms with Crippen LogP contribution in [0.4, 0.5) is 17.2 Å². The van der Waals surface area contributed by atoms with Crippen molar-refractivity contribution < 1.29 is 18.3 Å². The first-order chi connectivity index (χ1) is 16.3. The van der Waals surface area contributed by atoms with E-state index in [2.05, 4.69) is 15.3 Å². The summed E-state index contributed by atoms with van der Waals surface area (Å²) in [6.45, 7) is 0.476. The Morgan fingerprint density at radius 3 is 2.68 bits per heavy atom. The van der Waals surface area contributed by atoms with Crippen LogP contribution in [-0.2, 0) is 10.0 Å². The molecule has 1 saturated heterocycles. The second kappa shape index (κ2) is 9.79.